The number of anilines is 1. The van der Waals surface area contributed by atoms with Crippen LogP contribution in [0.3, 0.4) is 0 Å². The van der Waals surface area contributed by atoms with Crippen molar-refractivity contribution < 1.29 is 4.79 Å². The Kier molecular flexibility index (Phi) is 4.08. The number of aromatic nitrogens is 1. The first-order valence-electron chi connectivity index (χ1n) is 6.58. The van der Waals surface area contributed by atoms with Gasteiger partial charge in [0.15, 0.2) is 5.13 Å². The molecule has 1 aromatic heterocycles. The molecule has 0 aliphatic heterocycles. The van der Waals surface area contributed by atoms with E-state index in [1.165, 1.54) is 11.3 Å². The SMILES string of the molecule is Cc1cc(C)cc(C(=O)Nc2nc3c(Cl)ccc(Cl)c3s2)c1. The molecule has 112 valence electrons. The van der Waals surface area contributed by atoms with Crippen LogP contribution in [-0.2, 0) is 0 Å². The summed E-state index contributed by atoms with van der Waals surface area (Å²) in [5.74, 6) is -0.196. The lowest BCUT2D eigenvalue weighted by Gasteiger charge is -2.04. The number of carbonyl (C=O) groups excluding carboxylic acids is 1. The van der Waals surface area contributed by atoms with Gasteiger partial charge in [-0.1, -0.05) is 51.7 Å². The fraction of sp³-hybridized carbons (Fsp3) is 0.125. The first-order valence-corrected chi connectivity index (χ1v) is 8.15. The van der Waals surface area contributed by atoms with E-state index < -0.39 is 0 Å². The van der Waals surface area contributed by atoms with Crippen LogP contribution < -0.4 is 5.32 Å². The third-order valence-corrected chi connectivity index (χ3v) is 4.89. The molecular weight excluding hydrogens is 339 g/mol. The number of nitrogens with zero attached hydrogens (tertiary/aromatic N) is 1. The van der Waals surface area contributed by atoms with E-state index in [1.54, 1.807) is 12.1 Å². The third-order valence-electron chi connectivity index (χ3n) is 3.15. The summed E-state index contributed by atoms with van der Waals surface area (Å²) in [7, 11) is 0. The molecular formula is C16H12Cl2N2OS. The molecule has 0 unspecified atom stereocenters. The van der Waals surface area contributed by atoms with Gasteiger partial charge in [0.1, 0.15) is 5.52 Å². The zero-order valence-corrected chi connectivity index (χ0v) is 14.2. The average Bonchev–Trinajstić information content (AvgIpc) is 2.87. The van der Waals surface area contributed by atoms with Gasteiger partial charge >= 0.3 is 0 Å². The Bertz CT molecular complexity index is 830. The molecule has 2 aromatic carbocycles. The van der Waals surface area contributed by atoms with Gasteiger partial charge in [-0.2, -0.15) is 0 Å². The van der Waals surface area contributed by atoms with Crippen molar-refractivity contribution in [2.24, 2.45) is 0 Å². The van der Waals surface area contributed by atoms with Gasteiger partial charge in [-0.3, -0.25) is 10.1 Å². The van der Waals surface area contributed by atoms with Gasteiger partial charge in [-0.25, -0.2) is 4.98 Å². The van der Waals surface area contributed by atoms with Gasteiger partial charge in [0.2, 0.25) is 0 Å². The van der Waals surface area contributed by atoms with Crippen LogP contribution in [0.15, 0.2) is 30.3 Å². The summed E-state index contributed by atoms with van der Waals surface area (Å²) in [5, 5.41) is 4.38. The molecule has 3 rings (SSSR count). The first kappa shape index (κ1) is 15.3. The predicted molar refractivity (Wildman–Crippen MR) is 93.5 cm³/mol. The number of aryl methyl sites for hydroxylation is 2. The number of thiazole rings is 1. The van der Waals surface area contributed by atoms with E-state index in [0.717, 1.165) is 15.8 Å². The van der Waals surface area contributed by atoms with E-state index in [-0.39, 0.29) is 5.91 Å². The van der Waals surface area contributed by atoms with Crippen LogP contribution in [0.4, 0.5) is 5.13 Å². The smallest absolute Gasteiger partial charge is 0.257 e. The Hall–Kier alpha value is -1.62. The number of benzene rings is 2. The summed E-state index contributed by atoms with van der Waals surface area (Å²) < 4.78 is 0.768. The number of carbonyl (C=O) groups is 1. The molecule has 0 atom stereocenters. The Morgan fingerprint density at radius 3 is 2.36 bits per heavy atom. The second-order valence-corrected chi connectivity index (χ2v) is 6.87. The van der Waals surface area contributed by atoms with Gasteiger partial charge in [-0.05, 0) is 38.1 Å². The number of hydrogen-bond donors (Lipinski definition) is 1. The predicted octanol–water partition coefficient (Wildman–Crippen LogP) is 5.47. The maximum Gasteiger partial charge on any atom is 0.257 e. The van der Waals surface area contributed by atoms with E-state index in [0.29, 0.717) is 26.3 Å². The molecule has 0 aliphatic rings. The summed E-state index contributed by atoms with van der Waals surface area (Å²) in [6.45, 7) is 3.92. The minimum absolute atomic E-state index is 0.196. The number of fused-ring (bicyclic) bond motifs is 1. The number of amides is 1. The Morgan fingerprint density at radius 1 is 1.09 bits per heavy atom. The van der Waals surface area contributed by atoms with E-state index >= 15 is 0 Å². The zero-order valence-electron chi connectivity index (χ0n) is 11.9. The van der Waals surface area contributed by atoms with Crippen molar-refractivity contribution >= 4 is 55.8 Å². The number of nitrogens with one attached hydrogen (secondary N) is 1. The Morgan fingerprint density at radius 2 is 1.73 bits per heavy atom. The standard InChI is InChI=1S/C16H12Cl2N2OS/c1-8-5-9(2)7-10(6-8)15(21)20-16-19-13-11(17)3-4-12(18)14(13)22-16/h3-7H,1-2H3,(H,19,20,21). The minimum atomic E-state index is -0.196. The largest absolute Gasteiger partial charge is 0.298 e. The molecule has 0 radical (unpaired) electrons. The van der Waals surface area contributed by atoms with E-state index in [2.05, 4.69) is 10.3 Å². The molecule has 0 aliphatic carbocycles. The number of rotatable bonds is 2. The molecule has 0 bridgehead atoms. The topological polar surface area (TPSA) is 42.0 Å². The molecule has 0 spiro atoms. The van der Waals surface area contributed by atoms with Gasteiger partial charge in [0.25, 0.3) is 5.91 Å². The first-order chi connectivity index (χ1) is 10.4. The molecule has 0 fully saturated rings. The molecule has 1 N–H and O–H groups in total. The van der Waals surface area contributed by atoms with Crippen molar-refractivity contribution in [1.29, 1.82) is 0 Å². The molecule has 6 heteroatoms. The number of halogens is 2. The maximum absolute atomic E-state index is 12.4. The fourth-order valence-electron chi connectivity index (χ4n) is 2.27. The summed E-state index contributed by atoms with van der Waals surface area (Å²) in [4.78, 5) is 16.7. The normalized spacial score (nSPS) is 10.9. The lowest BCUT2D eigenvalue weighted by atomic mass is 10.1. The van der Waals surface area contributed by atoms with Gasteiger partial charge in [0, 0.05) is 5.56 Å². The zero-order chi connectivity index (χ0) is 15.9. The molecule has 3 nitrogen and oxygen atoms in total. The summed E-state index contributed by atoms with van der Waals surface area (Å²) in [6, 6.07) is 9.13. The summed E-state index contributed by atoms with van der Waals surface area (Å²) in [5.41, 5.74) is 3.30. The Balaban J connectivity index is 1.94. The molecule has 3 aromatic rings. The van der Waals surface area contributed by atoms with Crippen molar-refractivity contribution in [3.63, 3.8) is 0 Å². The highest BCUT2D eigenvalue weighted by Gasteiger charge is 2.14. The van der Waals surface area contributed by atoms with Crippen molar-refractivity contribution in [3.8, 4) is 0 Å². The Labute approximate surface area is 141 Å². The molecule has 1 amide bonds. The van der Waals surface area contributed by atoms with E-state index in [1.807, 2.05) is 32.0 Å². The van der Waals surface area contributed by atoms with E-state index in [9.17, 15) is 4.79 Å². The highest BCUT2D eigenvalue weighted by molar-refractivity contribution is 7.23. The van der Waals surface area contributed by atoms with Crippen LogP contribution in [0.5, 0.6) is 0 Å². The van der Waals surface area contributed by atoms with Crippen molar-refractivity contribution in [2.45, 2.75) is 13.8 Å². The summed E-state index contributed by atoms with van der Waals surface area (Å²) >= 11 is 13.6. The summed E-state index contributed by atoms with van der Waals surface area (Å²) in [6.07, 6.45) is 0. The lowest BCUT2D eigenvalue weighted by Crippen LogP contribution is -2.12. The van der Waals surface area contributed by atoms with Crippen LogP contribution in [0, 0.1) is 13.8 Å². The van der Waals surface area contributed by atoms with Gasteiger partial charge in [0.05, 0.1) is 14.7 Å². The second kappa shape index (κ2) is 5.88. The highest BCUT2D eigenvalue weighted by atomic mass is 35.5. The van der Waals surface area contributed by atoms with Gasteiger partial charge in [-0.15, -0.1) is 0 Å². The van der Waals surface area contributed by atoms with Crippen molar-refractivity contribution in [1.82, 2.24) is 4.98 Å². The van der Waals surface area contributed by atoms with Crippen LogP contribution >= 0.6 is 34.5 Å². The minimum Gasteiger partial charge on any atom is -0.298 e. The van der Waals surface area contributed by atoms with Crippen LogP contribution in [0.25, 0.3) is 10.2 Å². The number of hydrogen-bond acceptors (Lipinski definition) is 3. The second-order valence-electron chi connectivity index (χ2n) is 5.06. The maximum atomic E-state index is 12.4. The quantitative estimate of drug-likeness (QED) is 0.665. The average molecular weight is 351 g/mol. The van der Waals surface area contributed by atoms with E-state index in [4.69, 9.17) is 23.2 Å². The van der Waals surface area contributed by atoms with Crippen LogP contribution in [-0.4, -0.2) is 10.9 Å². The highest BCUT2D eigenvalue weighted by Crippen LogP contribution is 2.36. The van der Waals surface area contributed by atoms with Crippen molar-refractivity contribution in [2.75, 3.05) is 5.32 Å². The molecule has 1 heterocycles. The molecule has 22 heavy (non-hydrogen) atoms. The van der Waals surface area contributed by atoms with Crippen molar-refractivity contribution in [3.05, 3.63) is 57.1 Å². The van der Waals surface area contributed by atoms with Crippen LogP contribution in [0.2, 0.25) is 10.0 Å². The van der Waals surface area contributed by atoms with Crippen LogP contribution in [0.1, 0.15) is 21.5 Å². The molecule has 0 saturated carbocycles. The fourth-order valence-corrected chi connectivity index (χ4v) is 3.69. The monoisotopic (exact) mass is 350 g/mol. The molecule has 0 saturated heterocycles. The van der Waals surface area contributed by atoms with Gasteiger partial charge < -0.3 is 0 Å². The lowest BCUT2D eigenvalue weighted by molar-refractivity contribution is 0.102. The third kappa shape index (κ3) is 2.95.